The fourth-order valence-corrected chi connectivity index (χ4v) is 3.58. The lowest BCUT2D eigenvalue weighted by Gasteiger charge is -2.35. The van der Waals surface area contributed by atoms with Crippen LogP contribution in [0.3, 0.4) is 0 Å². The Kier molecular flexibility index (Phi) is 4.36. The molecule has 3 aromatic heterocycles. The smallest absolute Gasteiger partial charge is 0.367 e. The highest BCUT2D eigenvalue weighted by atomic mass is 19.4. The molecule has 9 nitrogen and oxygen atoms in total. The molecular weight excluding hydrogens is 399 g/mol. The minimum atomic E-state index is -4.51. The van der Waals surface area contributed by atoms with Gasteiger partial charge in [-0.05, 0) is 32.6 Å². The molecule has 30 heavy (non-hydrogen) atoms. The molecule has 0 amide bonds. The highest BCUT2D eigenvalue weighted by molar-refractivity contribution is 5.58. The van der Waals surface area contributed by atoms with Crippen LogP contribution in [0, 0.1) is 6.92 Å². The van der Waals surface area contributed by atoms with Crippen molar-refractivity contribution in [3.8, 4) is 0 Å². The van der Waals surface area contributed by atoms with Gasteiger partial charge in [-0.25, -0.2) is 4.98 Å². The Balaban J connectivity index is 1.31. The van der Waals surface area contributed by atoms with Crippen LogP contribution >= 0.6 is 0 Å². The minimum Gasteiger partial charge on any atom is -0.367 e. The summed E-state index contributed by atoms with van der Waals surface area (Å²) in [5, 5.41) is 18.6. The molecule has 12 heteroatoms. The first-order chi connectivity index (χ1) is 14.4. The van der Waals surface area contributed by atoms with Crippen LogP contribution in [-0.2, 0) is 6.18 Å². The number of halogens is 3. The van der Waals surface area contributed by atoms with Gasteiger partial charge in [0, 0.05) is 12.2 Å². The molecule has 0 saturated heterocycles. The molecule has 2 saturated carbocycles. The molecule has 3 heterocycles. The molecule has 5 rings (SSSR count). The van der Waals surface area contributed by atoms with Crippen molar-refractivity contribution in [1.82, 2.24) is 34.7 Å². The zero-order valence-corrected chi connectivity index (χ0v) is 16.1. The van der Waals surface area contributed by atoms with E-state index in [0.717, 1.165) is 37.6 Å². The van der Waals surface area contributed by atoms with Gasteiger partial charge in [0.2, 0.25) is 5.95 Å². The summed E-state index contributed by atoms with van der Waals surface area (Å²) in [6.45, 7) is 1.91. The predicted molar refractivity (Wildman–Crippen MR) is 101 cm³/mol. The summed E-state index contributed by atoms with van der Waals surface area (Å²) >= 11 is 0. The highest BCUT2D eigenvalue weighted by Crippen LogP contribution is 2.41. The number of rotatable bonds is 6. The summed E-state index contributed by atoms with van der Waals surface area (Å²) in [5.41, 5.74) is 0.667. The van der Waals surface area contributed by atoms with E-state index in [1.807, 2.05) is 11.6 Å². The van der Waals surface area contributed by atoms with Gasteiger partial charge in [0.05, 0.1) is 42.1 Å². The van der Waals surface area contributed by atoms with E-state index in [9.17, 15) is 13.2 Å². The topological polar surface area (TPSA) is 98.4 Å². The fraction of sp³-hybridized carbons (Fsp3) is 0.500. The molecule has 0 atom stereocenters. The largest absolute Gasteiger partial charge is 0.421 e. The van der Waals surface area contributed by atoms with E-state index in [1.54, 1.807) is 23.4 Å². The number of hydrogen-bond donors (Lipinski definition) is 2. The van der Waals surface area contributed by atoms with Gasteiger partial charge in [-0.3, -0.25) is 4.68 Å². The number of nitrogens with one attached hydrogen (secondary N) is 2. The molecule has 0 bridgehead atoms. The Morgan fingerprint density at radius 1 is 1.03 bits per heavy atom. The average molecular weight is 419 g/mol. The van der Waals surface area contributed by atoms with E-state index in [-0.39, 0.29) is 29.9 Å². The van der Waals surface area contributed by atoms with Gasteiger partial charge < -0.3 is 10.6 Å². The van der Waals surface area contributed by atoms with Crippen molar-refractivity contribution in [1.29, 1.82) is 0 Å². The van der Waals surface area contributed by atoms with Crippen molar-refractivity contribution < 1.29 is 13.2 Å². The van der Waals surface area contributed by atoms with Crippen LogP contribution in [0.5, 0.6) is 0 Å². The van der Waals surface area contributed by atoms with Gasteiger partial charge in [-0.1, -0.05) is 0 Å². The molecule has 0 unspecified atom stereocenters. The normalized spacial score (nSPS) is 21.3. The monoisotopic (exact) mass is 419 g/mol. The summed E-state index contributed by atoms with van der Waals surface area (Å²) < 4.78 is 41.7. The van der Waals surface area contributed by atoms with Crippen LogP contribution in [0.25, 0.3) is 0 Å². The summed E-state index contributed by atoms with van der Waals surface area (Å²) in [5.74, 6) is -0.0953. The van der Waals surface area contributed by atoms with Gasteiger partial charge >= 0.3 is 6.18 Å². The predicted octanol–water partition coefficient (Wildman–Crippen LogP) is 3.49. The van der Waals surface area contributed by atoms with Crippen LogP contribution in [-0.4, -0.2) is 40.8 Å². The molecule has 0 radical (unpaired) electrons. The van der Waals surface area contributed by atoms with Crippen LogP contribution in [0.4, 0.5) is 30.6 Å². The first kappa shape index (κ1) is 18.8. The molecule has 0 aliphatic heterocycles. The molecule has 2 fully saturated rings. The van der Waals surface area contributed by atoms with Crippen LogP contribution in [0.2, 0.25) is 0 Å². The molecule has 0 spiro atoms. The van der Waals surface area contributed by atoms with Crippen molar-refractivity contribution in [2.75, 3.05) is 10.6 Å². The zero-order chi connectivity index (χ0) is 20.9. The second-order valence-corrected chi connectivity index (χ2v) is 7.71. The molecule has 158 valence electrons. The molecule has 2 N–H and O–H groups in total. The maximum absolute atomic E-state index is 13.2. The average Bonchev–Trinajstić information content (AvgIpc) is 3.17. The zero-order valence-electron chi connectivity index (χ0n) is 16.1. The van der Waals surface area contributed by atoms with E-state index in [0.29, 0.717) is 5.69 Å². The van der Waals surface area contributed by atoms with Crippen LogP contribution in [0.15, 0.2) is 24.8 Å². The van der Waals surface area contributed by atoms with E-state index in [1.165, 1.54) is 0 Å². The Hall–Kier alpha value is -3.18. The molecular formula is C18H20F3N9. The molecule has 2 aliphatic carbocycles. The van der Waals surface area contributed by atoms with Gasteiger partial charge in [0.15, 0.2) is 0 Å². The third kappa shape index (κ3) is 3.57. The van der Waals surface area contributed by atoms with Crippen molar-refractivity contribution >= 4 is 17.5 Å². The van der Waals surface area contributed by atoms with Crippen molar-refractivity contribution in [2.24, 2.45) is 0 Å². The Morgan fingerprint density at radius 2 is 1.77 bits per heavy atom. The van der Waals surface area contributed by atoms with Crippen LogP contribution < -0.4 is 10.6 Å². The number of alkyl halides is 3. The summed E-state index contributed by atoms with van der Waals surface area (Å²) in [6.07, 6.45) is 4.67. The third-order valence-electron chi connectivity index (χ3n) is 5.50. The van der Waals surface area contributed by atoms with Gasteiger partial charge in [-0.2, -0.15) is 38.2 Å². The van der Waals surface area contributed by atoms with Gasteiger partial charge in [-0.15, -0.1) is 0 Å². The van der Waals surface area contributed by atoms with Crippen LogP contribution in [0.1, 0.15) is 49.0 Å². The van der Waals surface area contributed by atoms with Gasteiger partial charge in [0.25, 0.3) is 0 Å². The highest BCUT2D eigenvalue weighted by Gasteiger charge is 2.37. The van der Waals surface area contributed by atoms with E-state index >= 15 is 0 Å². The maximum atomic E-state index is 13.2. The lowest BCUT2D eigenvalue weighted by atomic mass is 9.87. The Labute approximate surface area is 169 Å². The Morgan fingerprint density at radius 3 is 2.43 bits per heavy atom. The summed E-state index contributed by atoms with van der Waals surface area (Å²) in [7, 11) is 0. The minimum absolute atomic E-state index is 0.0363. The standard InChI is InChI=1S/C18H20F3N9/c1-10-15(9-25-29(10)12-6-13(7-12)30-23-4-5-24-30)27-17-22-8-14(18(19,20)21)16(28-17)26-11-2-3-11/h4-5,8-9,11-13H,2-3,6-7H2,1H3,(H2,22,26,27,28)/t12-,13-. The molecule has 2 aliphatic rings. The fourth-order valence-electron chi connectivity index (χ4n) is 3.58. The van der Waals surface area contributed by atoms with Gasteiger partial charge in [0.1, 0.15) is 11.4 Å². The second kappa shape index (κ2) is 6.96. The quantitative estimate of drug-likeness (QED) is 0.631. The first-order valence-electron chi connectivity index (χ1n) is 9.76. The number of anilines is 3. The molecule has 0 aromatic carbocycles. The van der Waals surface area contributed by atoms with Crippen molar-refractivity contribution in [3.05, 3.63) is 36.0 Å². The SMILES string of the molecule is Cc1c(Nc2ncc(C(F)(F)F)c(NC3CC3)n2)cnn1[C@H]1C[C@H](n2nccn2)C1. The number of hydrogen-bond acceptors (Lipinski definition) is 7. The maximum Gasteiger partial charge on any atom is 0.421 e. The van der Waals surface area contributed by atoms with E-state index < -0.39 is 11.7 Å². The summed E-state index contributed by atoms with van der Waals surface area (Å²) in [6, 6.07) is 0.505. The lowest BCUT2D eigenvalue weighted by molar-refractivity contribution is -0.137. The van der Waals surface area contributed by atoms with E-state index in [2.05, 4.69) is 35.9 Å². The molecule has 3 aromatic rings. The second-order valence-electron chi connectivity index (χ2n) is 7.71. The summed E-state index contributed by atoms with van der Waals surface area (Å²) in [4.78, 5) is 9.65. The first-order valence-corrected chi connectivity index (χ1v) is 9.76. The number of nitrogens with zero attached hydrogens (tertiary/aromatic N) is 7. The van der Waals surface area contributed by atoms with E-state index in [4.69, 9.17) is 0 Å². The number of aromatic nitrogens is 7. The third-order valence-corrected chi connectivity index (χ3v) is 5.50. The Bertz CT molecular complexity index is 1030. The van der Waals surface area contributed by atoms with Crippen molar-refractivity contribution in [3.63, 3.8) is 0 Å². The lowest BCUT2D eigenvalue weighted by Crippen LogP contribution is -2.31. The van der Waals surface area contributed by atoms with Crippen molar-refractivity contribution in [2.45, 2.75) is 56.9 Å².